The fraction of sp³-hybridized carbons (Fsp3) is 0.769. The lowest BCUT2D eigenvalue weighted by Gasteiger charge is -2.24. The zero-order chi connectivity index (χ0) is 13.3. The number of aryl methyl sites for hydroxylation is 2. The number of nitrogens with zero attached hydrogens (tertiary/aromatic N) is 3. The maximum Gasteiger partial charge on any atom is 0.150 e. The fourth-order valence-corrected chi connectivity index (χ4v) is 2.70. The minimum atomic E-state index is -0.546. The molecule has 18 heavy (non-hydrogen) atoms. The summed E-state index contributed by atoms with van der Waals surface area (Å²) in [6, 6.07) is 0. The molecule has 1 aromatic rings. The second kappa shape index (κ2) is 4.80. The van der Waals surface area contributed by atoms with Crippen LogP contribution in [0.4, 0.5) is 11.5 Å². The monoisotopic (exact) mass is 252 g/mol. The van der Waals surface area contributed by atoms with E-state index in [0.717, 1.165) is 56.0 Å². The first-order chi connectivity index (χ1) is 8.44. The van der Waals surface area contributed by atoms with Crippen LogP contribution in [0, 0.1) is 0 Å². The number of nitrogens with two attached hydrogens (primary N) is 1. The third kappa shape index (κ3) is 2.46. The molecule has 1 aliphatic heterocycles. The smallest absolute Gasteiger partial charge is 0.150 e. The second-order valence-electron chi connectivity index (χ2n) is 5.50. The number of aromatic nitrogens is 2. The third-order valence-electron chi connectivity index (χ3n) is 3.83. The Morgan fingerprint density at radius 2 is 2.11 bits per heavy atom. The zero-order valence-electron chi connectivity index (χ0n) is 11.6. The van der Waals surface area contributed by atoms with Crippen LogP contribution in [0.25, 0.3) is 0 Å². The van der Waals surface area contributed by atoms with Crippen molar-refractivity contribution < 1.29 is 5.11 Å². The van der Waals surface area contributed by atoms with Gasteiger partial charge in [-0.2, -0.15) is 5.10 Å². The number of anilines is 2. The minimum absolute atomic E-state index is 0.546. The molecule has 0 saturated carbocycles. The van der Waals surface area contributed by atoms with Crippen molar-refractivity contribution in [3.63, 3.8) is 0 Å². The van der Waals surface area contributed by atoms with Crippen molar-refractivity contribution in [3.8, 4) is 0 Å². The van der Waals surface area contributed by atoms with E-state index in [0.29, 0.717) is 0 Å². The number of hydrogen-bond donors (Lipinski definition) is 2. The van der Waals surface area contributed by atoms with E-state index >= 15 is 0 Å². The molecule has 0 spiro atoms. The van der Waals surface area contributed by atoms with Gasteiger partial charge in [0.15, 0.2) is 0 Å². The molecule has 1 aromatic heterocycles. The van der Waals surface area contributed by atoms with Gasteiger partial charge in [-0.15, -0.1) is 0 Å². The van der Waals surface area contributed by atoms with Gasteiger partial charge in [-0.3, -0.25) is 4.68 Å². The highest BCUT2D eigenvalue weighted by atomic mass is 16.3. The molecule has 3 N–H and O–H groups in total. The normalized spacial score (nSPS) is 25.2. The maximum atomic E-state index is 10.1. The molecule has 2 rings (SSSR count). The molecular weight excluding hydrogens is 228 g/mol. The van der Waals surface area contributed by atoms with Crippen LogP contribution in [0.5, 0.6) is 0 Å². The molecule has 1 aliphatic rings. The highest BCUT2D eigenvalue weighted by molar-refractivity contribution is 5.66. The van der Waals surface area contributed by atoms with Crippen molar-refractivity contribution in [2.45, 2.75) is 45.1 Å². The third-order valence-corrected chi connectivity index (χ3v) is 3.83. The van der Waals surface area contributed by atoms with E-state index in [4.69, 9.17) is 5.73 Å². The van der Waals surface area contributed by atoms with Crippen molar-refractivity contribution >= 4 is 11.5 Å². The lowest BCUT2D eigenvalue weighted by Crippen LogP contribution is -2.30. The van der Waals surface area contributed by atoms with E-state index in [1.165, 1.54) is 0 Å². The average molecular weight is 252 g/mol. The number of nitrogen functional groups attached to an aromatic ring is 1. The molecule has 1 saturated heterocycles. The SMILES string of the molecule is CCc1nn(C)c(N2CCCC(C)(O)CC2)c1N. The molecule has 1 fully saturated rings. The van der Waals surface area contributed by atoms with Gasteiger partial charge in [0.25, 0.3) is 0 Å². The average Bonchev–Trinajstić information content (AvgIpc) is 2.47. The molecule has 0 radical (unpaired) electrons. The van der Waals surface area contributed by atoms with Gasteiger partial charge < -0.3 is 15.7 Å². The van der Waals surface area contributed by atoms with E-state index in [1.807, 2.05) is 18.7 Å². The Hall–Kier alpha value is -1.23. The summed E-state index contributed by atoms with van der Waals surface area (Å²) in [5.74, 6) is 1.00. The summed E-state index contributed by atoms with van der Waals surface area (Å²) < 4.78 is 1.87. The van der Waals surface area contributed by atoms with Gasteiger partial charge in [0, 0.05) is 20.1 Å². The van der Waals surface area contributed by atoms with Gasteiger partial charge in [-0.25, -0.2) is 0 Å². The molecule has 2 heterocycles. The standard InChI is InChI=1S/C13H24N4O/c1-4-10-11(14)12(16(3)15-10)17-8-5-6-13(2,18)7-9-17/h18H,4-9,14H2,1-3H3. The Labute approximate surface area is 109 Å². The van der Waals surface area contributed by atoms with Crippen LogP contribution < -0.4 is 10.6 Å². The van der Waals surface area contributed by atoms with E-state index in [9.17, 15) is 5.11 Å². The van der Waals surface area contributed by atoms with Crippen molar-refractivity contribution in [2.75, 3.05) is 23.7 Å². The Bertz CT molecular complexity index is 425. The van der Waals surface area contributed by atoms with Crippen LogP contribution in [0.1, 0.15) is 38.8 Å². The number of rotatable bonds is 2. The van der Waals surface area contributed by atoms with Crippen LogP contribution in [0.3, 0.4) is 0 Å². The predicted molar refractivity (Wildman–Crippen MR) is 73.7 cm³/mol. The molecular formula is C13H24N4O. The topological polar surface area (TPSA) is 67.3 Å². The van der Waals surface area contributed by atoms with E-state index in [1.54, 1.807) is 0 Å². The number of aliphatic hydroxyl groups is 1. The van der Waals surface area contributed by atoms with Gasteiger partial charge in [0.2, 0.25) is 0 Å². The molecule has 1 atom stereocenters. The summed E-state index contributed by atoms with van der Waals surface area (Å²) >= 11 is 0. The zero-order valence-corrected chi connectivity index (χ0v) is 11.6. The van der Waals surface area contributed by atoms with Gasteiger partial charge in [0.1, 0.15) is 5.82 Å². The Balaban J connectivity index is 2.24. The van der Waals surface area contributed by atoms with Crippen molar-refractivity contribution in [2.24, 2.45) is 7.05 Å². The molecule has 0 aromatic carbocycles. The van der Waals surface area contributed by atoms with Gasteiger partial charge in [-0.05, 0) is 32.6 Å². The highest BCUT2D eigenvalue weighted by Gasteiger charge is 2.27. The first kappa shape index (κ1) is 13.2. The highest BCUT2D eigenvalue weighted by Crippen LogP contribution is 2.30. The molecule has 1 unspecified atom stereocenters. The lowest BCUT2D eigenvalue weighted by atomic mass is 9.98. The molecule has 5 nitrogen and oxygen atoms in total. The van der Waals surface area contributed by atoms with Gasteiger partial charge >= 0.3 is 0 Å². The first-order valence-electron chi connectivity index (χ1n) is 6.73. The summed E-state index contributed by atoms with van der Waals surface area (Å²) in [6.45, 7) is 5.75. The molecule has 5 heteroatoms. The van der Waals surface area contributed by atoms with Gasteiger partial charge in [0.05, 0.1) is 17.0 Å². The van der Waals surface area contributed by atoms with E-state index < -0.39 is 5.60 Å². The summed E-state index contributed by atoms with van der Waals surface area (Å²) in [5.41, 5.74) is 7.39. The lowest BCUT2D eigenvalue weighted by molar-refractivity contribution is 0.0481. The summed E-state index contributed by atoms with van der Waals surface area (Å²) in [4.78, 5) is 2.25. The van der Waals surface area contributed by atoms with Crippen molar-refractivity contribution in [3.05, 3.63) is 5.69 Å². The van der Waals surface area contributed by atoms with Crippen LogP contribution in [0.15, 0.2) is 0 Å². The summed E-state index contributed by atoms with van der Waals surface area (Å²) in [7, 11) is 1.94. The van der Waals surface area contributed by atoms with Gasteiger partial charge in [-0.1, -0.05) is 6.92 Å². The molecule has 0 bridgehead atoms. The Morgan fingerprint density at radius 3 is 2.72 bits per heavy atom. The van der Waals surface area contributed by atoms with Crippen molar-refractivity contribution in [1.82, 2.24) is 9.78 Å². The van der Waals surface area contributed by atoms with Crippen LogP contribution >= 0.6 is 0 Å². The van der Waals surface area contributed by atoms with E-state index in [-0.39, 0.29) is 0 Å². The first-order valence-corrected chi connectivity index (χ1v) is 6.73. The molecule has 0 aliphatic carbocycles. The molecule has 102 valence electrons. The summed E-state index contributed by atoms with van der Waals surface area (Å²) in [6.07, 6.45) is 3.46. The number of hydrogen-bond acceptors (Lipinski definition) is 4. The van der Waals surface area contributed by atoms with Crippen LogP contribution in [0.2, 0.25) is 0 Å². The van der Waals surface area contributed by atoms with Crippen LogP contribution in [-0.4, -0.2) is 33.6 Å². The maximum absolute atomic E-state index is 10.1. The van der Waals surface area contributed by atoms with Crippen molar-refractivity contribution in [1.29, 1.82) is 0 Å². The largest absolute Gasteiger partial charge is 0.394 e. The Morgan fingerprint density at radius 1 is 1.39 bits per heavy atom. The summed E-state index contributed by atoms with van der Waals surface area (Å²) in [5, 5.41) is 14.6. The second-order valence-corrected chi connectivity index (χ2v) is 5.50. The fourth-order valence-electron chi connectivity index (χ4n) is 2.70. The Kier molecular flexibility index (Phi) is 3.52. The minimum Gasteiger partial charge on any atom is -0.394 e. The van der Waals surface area contributed by atoms with E-state index in [2.05, 4.69) is 16.9 Å². The van der Waals surface area contributed by atoms with Crippen LogP contribution in [-0.2, 0) is 13.5 Å². The quantitative estimate of drug-likeness (QED) is 0.832. The molecule has 0 amide bonds. The predicted octanol–water partition coefficient (Wildman–Crippen LogP) is 1.31.